The molecule has 0 amide bonds. The van der Waals surface area contributed by atoms with Gasteiger partial charge in [0.15, 0.2) is 0 Å². The minimum Gasteiger partial charge on any atom is -0.367 e. The predicted octanol–water partition coefficient (Wildman–Crippen LogP) is 2.32. The fraction of sp³-hybridized carbons (Fsp3) is 0.769. The normalized spacial score (nSPS) is 25.4. The molecule has 1 atom stereocenters. The average Bonchev–Trinajstić information content (AvgIpc) is 2.83. The first-order valence-corrected chi connectivity index (χ1v) is 6.32. The monoisotopic (exact) mass is 237 g/mol. The van der Waals surface area contributed by atoms with Gasteiger partial charge in [-0.1, -0.05) is 0 Å². The molecule has 1 aromatic heterocycles. The van der Waals surface area contributed by atoms with Crippen LogP contribution in [0.25, 0.3) is 0 Å². The Morgan fingerprint density at radius 2 is 2.29 bits per heavy atom. The largest absolute Gasteiger partial charge is 0.367 e. The van der Waals surface area contributed by atoms with E-state index in [1.165, 1.54) is 0 Å². The molecular formula is C13H23N3O. The van der Waals surface area contributed by atoms with Crippen molar-refractivity contribution in [2.24, 2.45) is 0 Å². The first-order valence-electron chi connectivity index (χ1n) is 6.32. The number of imidazole rings is 1. The first-order chi connectivity index (χ1) is 7.89. The van der Waals surface area contributed by atoms with Crippen molar-refractivity contribution in [2.45, 2.75) is 58.2 Å². The molecule has 0 spiro atoms. The van der Waals surface area contributed by atoms with Crippen LogP contribution >= 0.6 is 0 Å². The van der Waals surface area contributed by atoms with Crippen LogP contribution < -0.4 is 5.32 Å². The van der Waals surface area contributed by atoms with Gasteiger partial charge >= 0.3 is 0 Å². The van der Waals surface area contributed by atoms with Crippen molar-refractivity contribution in [1.29, 1.82) is 0 Å². The molecule has 1 unspecified atom stereocenters. The third-order valence-corrected chi connectivity index (χ3v) is 3.16. The molecule has 1 aliphatic heterocycles. The molecule has 0 aliphatic carbocycles. The molecule has 0 saturated carbocycles. The zero-order chi connectivity index (χ0) is 12.5. The third-order valence-electron chi connectivity index (χ3n) is 3.16. The van der Waals surface area contributed by atoms with Gasteiger partial charge in [0.25, 0.3) is 0 Å². The van der Waals surface area contributed by atoms with E-state index < -0.39 is 0 Å². The topological polar surface area (TPSA) is 49.9 Å². The number of H-pyrrole nitrogens is 1. The summed E-state index contributed by atoms with van der Waals surface area (Å²) in [6, 6.07) is 0. The molecule has 0 radical (unpaired) electrons. The number of hydrogen-bond donors (Lipinski definition) is 2. The quantitative estimate of drug-likeness (QED) is 0.848. The van der Waals surface area contributed by atoms with Crippen LogP contribution in [0.15, 0.2) is 6.20 Å². The van der Waals surface area contributed by atoms with Gasteiger partial charge in [-0.05, 0) is 40.5 Å². The average molecular weight is 237 g/mol. The number of aromatic amines is 1. The molecule has 1 aromatic rings. The van der Waals surface area contributed by atoms with Crippen molar-refractivity contribution < 1.29 is 4.74 Å². The summed E-state index contributed by atoms with van der Waals surface area (Å²) in [5, 5.41) is 3.44. The lowest BCUT2D eigenvalue weighted by Crippen LogP contribution is -2.35. The van der Waals surface area contributed by atoms with Crippen LogP contribution in [0.5, 0.6) is 0 Å². The smallest absolute Gasteiger partial charge is 0.138 e. The van der Waals surface area contributed by atoms with Crippen molar-refractivity contribution in [3.63, 3.8) is 0 Å². The predicted molar refractivity (Wildman–Crippen MR) is 67.7 cm³/mol. The van der Waals surface area contributed by atoms with Crippen LogP contribution in [0, 0.1) is 0 Å². The van der Waals surface area contributed by atoms with Crippen LogP contribution in [-0.4, -0.2) is 22.1 Å². The highest BCUT2D eigenvalue weighted by atomic mass is 16.5. The van der Waals surface area contributed by atoms with Gasteiger partial charge < -0.3 is 15.0 Å². The second kappa shape index (κ2) is 4.42. The summed E-state index contributed by atoms with van der Waals surface area (Å²) < 4.78 is 5.77. The molecule has 2 heterocycles. The Hall–Kier alpha value is -0.870. The molecule has 1 fully saturated rings. The maximum Gasteiger partial charge on any atom is 0.138 e. The third kappa shape index (κ3) is 3.07. The number of nitrogens with zero attached hydrogens (tertiary/aromatic N) is 1. The fourth-order valence-corrected chi connectivity index (χ4v) is 2.04. The Labute approximate surface area is 103 Å². The van der Waals surface area contributed by atoms with Gasteiger partial charge in [0, 0.05) is 30.6 Å². The molecule has 96 valence electrons. The Morgan fingerprint density at radius 1 is 1.53 bits per heavy atom. The summed E-state index contributed by atoms with van der Waals surface area (Å²) in [7, 11) is 0. The highest BCUT2D eigenvalue weighted by molar-refractivity contribution is 5.09. The highest BCUT2D eigenvalue weighted by Crippen LogP contribution is 2.33. The lowest BCUT2D eigenvalue weighted by atomic mass is 10.0. The Bertz CT molecular complexity index is 372. The molecule has 4 nitrogen and oxygen atoms in total. The summed E-state index contributed by atoms with van der Waals surface area (Å²) in [5.74, 6) is 0.959. The van der Waals surface area contributed by atoms with Crippen LogP contribution in [0.1, 0.15) is 52.1 Å². The van der Waals surface area contributed by atoms with Gasteiger partial charge in [0.2, 0.25) is 0 Å². The summed E-state index contributed by atoms with van der Waals surface area (Å²) in [4.78, 5) is 7.82. The van der Waals surface area contributed by atoms with E-state index in [0.29, 0.717) is 0 Å². The van der Waals surface area contributed by atoms with Crippen LogP contribution in [0.4, 0.5) is 0 Å². The van der Waals surface area contributed by atoms with Gasteiger partial charge in [-0.2, -0.15) is 0 Å². The van der Waals surface area contributed by atoms with E-state index in [2.05, 4.69) is 43.0 Å². The number of ether oxygens (including phenoxy) is 1. The minimum absolute atomic E-state index is 0.124. The zero-order valence-corrected chi connectivity index (χ0v) is 11.3. The minimum atomic E-state index is -0.208. The van der Waals surface area contributed by atoms with E-state index >= 15 is 0 Å². The van der Waals surface area contributed by atoms with Crippen molar-refractivity contribution in [1.82, 2.24) is 15.3 Å². The van der Waals surface area contributed by atoms with E-state index in [-0.39, 0.29) is 11.1 Å². The maximum absolute atomic E-state index is 5.77. The van der Waals surface area contributed by atoms with Crippen LogP contribution in [-0.2, 0) is 16.9 Å². The first kappa shape index (κ1) is 12.6. The van der Waals surface area contributed by atoms with E-state index in [9.17, 15) is 0 Å². The summed E-state index contributed by atoms with van der Waals surface area (Å²) in [5.41, 5.74) is 1.03. The van der Waals surface area contributed by atoms with Gasteiger partial charge in [-0.25, -0.2) is 4.98 Å². The Kier molecular flexibility index (Phi) is 3.27. The number of hydrogen-bond acceptors (Lipinski definition) is 3. The molecule has 17 heavy (non-hydrogen) atoms. The van der Waals surface area contributed by atoms with Crippen molar-refractivity contribution >= 4 is 0 Å². The van der Waals surface area contributed by atoms with E-state index in [1.54, 1.807) is 0 Å². The maximum atomic E-state index is 5.77. The van der Waals surface area contributed by atoms with Gasteiger partial charge in [-0.15, -0.1) is 0 Å². The lowest BCUT2D eigenvalue weighted by Gasteiger charge is -2.21. The summed E-state index contributed by atoms with van der Waals surface area (Å²) in [6.45, 7) is 10.2. The molecule has 1 saturated heterocycles. The molecule has 0 aromatic carbocycles. The molecule has 2 N–H and O–H groups in total. The standard InChI is InChI=1S/C13H23N3O/c1-12(2,3)15-9-10-8-14-11(16-10)13(4)6-5-7-17-13/h8,15H,5-7,9H2,1-4H3,(H,14,16). The van der Waals surface area contributed by atoms with E-state index in [1.807, 2.05) is 6.20 Å². The van der Waals surface area contributed by atoms with Gasteiger partial charge in [-0.3, -0.25) is 0 Å². The zero-order valence-electron chi connectivity index (χ0n) is 11.3. The van der Waals surface area contributed by atoms with Crippen LogP contribution in [0.3, 0.4) is 0 Å². The van der Waals surface area contributed by atoms with Crippen molar-refractivity contribution in [2.75, 3.05) is 6.61 Å². The fourth-order valence-electron chi connectivity index (χ4n) is 2.04. The molecule has 2 rings (SSSR count). The summed E-state index contributed by atoms with van der Waals surface area (Å²) in [6.07, 6.45) is 4.07. The highest BCUT2D eigenvalue weighted by Gasteiger charge is 2.34. The van der Waals surface area contributed by atoms with Gasteiger partial charge in [0.1, 0.15) is 11.4 Å². The summed E-state index contributed by atoms with van der Waals surface area (Å²) >= 11 is 0. The molecule has 1 aliphatic rings. The van der Waals surface area contributed by atoms with Crippen molar-refractivity contribution in [3.8, 4) is 0 Å². The Morgan fingerprint density at radius 3 is 2.88 bits per heavy atom. The van der Waals surface area contributed by atoms with Crippen LogP contribution in [0.2, 0.25) is 0 Å². The lowest BCUT2D eigenvalue weighted by molar-refractivity contribution is 0.00993. The molecular weight excluding hydrogens is 214 g/mol. The molecule has 0 bridgehead atoms. The SMILES string of the molecule is CC(C)(C)NCc1cnc(C2(C)CCCO2)[nH]1. The van der Waals surface area contributed by atoms with Gasteiger partial charge in [0.05, 0.1) is 0 Å². The van der Waals surface area contributed by atoms with Crippen molar-refractivity contribution in [3.05, 3.63) is 17.7 Å². The molecule has 4 heteroatoms. The number of rotatable bonds is 3. The van der Waals surface area contributed by atoms with E-state index in [0.717, 1.165) is 37.5 Å². The number of nitrogens with one attached hydrogen (secondary N) is 2. The Balaban J connectivity index is 2.01. The second-order valence-corrected chi connectivity index (χ2v) is 6.04. The van der Waals surface area contributed by atoms with E-state index in [4.69, 9.17) is 4.74 Å². The second-order valence-electron chi connectivity index (χ2n) is 6.04. The number of aromatic nitrogens is 2.